The van der Waals surface area contributed by atoms with Gasteiger partial charge in [-0.05, 0) is 43.0 Å². The summed E-state index contributed by atoms with van der Waals surface area (Å²) in [6.07, 6.45) is 2.04. The van der Waals surface area contributed by atoms with Gasteiger partial charge in [-0.3, -0.25) is 0 Å². The molecule has 0 saturated carbocycles. The molecule has 0 aromatic heterocycles. The van der Waals surface area contributed by atoms with E-state index >= 15 is 0 Å². The minimum absolute atomic E-state index is 0.143. The van der Waals surface area contributed by atoms with E-state index in [0.717, 1.165) is 18.5 Å². The van der Waals surface area contributed by atoms with E-state index in [1.165, 1.54) is 17.2 Å². The molecule has 0 heterocycles. The minimum Gasteiger partial charge on any atom is -0.381 e. The van der Waals surface area contributed by atoms with E-state index in [9.17, 15) is 4.39 Å². The molecule has 0 atom stereocenters. The fourth-order valence-electron chi connectivity index (χ4n) is 2.64. The summed E-state index contributed by atoms with van der Waals surface area (Å²) >= 11 is 0. The van der Waals surface area contributed by atoms with E-state index in [1.54, 1.807) is 6.07 Å². The highest BCUT2D eigenvalue weighted by Crippen LogP contribution is 2.26. The largest absolute Gasteiger partial charge is 0.381 e. The number of hydrogen-bond donors (Lipinski definition) is 1. The highest BCUT2D eigenvalue weighted by atomic mass is 19.1. The van der Waals surface area contributed by atoms with Crippen molar-refractivity contribution in [1.82, 2.24) is 0 Å². The third kappa shape index (κ3) is 1.99. The maximum Gasteiger partial charge on any atom is 0.128 e. The summed E-state index contributed by atoms with van der Waals surface area (Å²) in [5.41, 5.74) is 4.43. The summed E-state index contributed by atoms with van der Waals surface area (Å²) in [4.78, 5) is 0. The number of rotatable bonds is 2. The summed E-state index contributed by atoms with van der Waals surface area (Å²) < 4.78 is 13.5. The second kappa shape index (κ2) is 4.45. The Hall–Kier alpha value is -1.83. The highest BCUT2D eigenvalue weighted by molar-refractivity contribution is 5.53. The third-order valence-electron chi connectivity index (χ3n) is 3.68. The van der Waals surface area contributed by atoms with Crippen molar-refractivity contribution in [2.75, 3.05) is 5.32 Å². The van der Waals surface area contributed by atoms with E-state index in [-0.39, 0.29) is 5.82 Å². The van der Waals surface area contributed by atoms with Crippen LogP contribution in [-0.4, -0.2) is 6.04 Å². The first-order valence-corrected chi connectivity index (χ1v) is 6.32. The van der Waals surface area contributed by atoms with Gasteiger partial charge in [-0.25, -0.2) is 4.39 Å². The molecule has 2 aromatic rings. The van der Waals surface area contributed by atoms with Crippen LogP contribution in [-0.2, 0) is 12.8 Å². The Morgan fingerprint density at radius 3 is 2.33 bits per heavy atom. The molecule has 1 aliphatic rings. The van der Waals surface area contributed by atoms with Gasteiger partial charge < -0.3 is 5.32 Å². The Morgan fingerprint density at radius 1 is 1.00 bits per heavy atom. The zero-order valence-electron chi connectivity index (χ0n) is 10.4. The summed E-state index contributed by atoms with van der Waals surface area (Å²) in [7, 11) is 0. The van der Waals surface area contributed by atoms with Crippen molar-refractivity contribution >= 4 is 5.69 Å². The van der Waals surface area contributed by atoms with Crippen molar-refractivity contribution in [2.45, 2.75) is 25.8 Å². The average Bonchev–Trinajstić information content (AvgIpc) is 2.77. The number of hydrogen-bond acceptors (Lipinski definition) is 1. The molecular weight excluding hydrogens is 225 g/mol. The lowest BCUT2D eigenvalue weighted by molar-refractivity contribution is 0.618. The van der Waals surface area contributed by atoms with Crippen molar-refractivity contribution < 1.29 is 4.39 Å². The third-order valence-corrected chi connectivity index (χ3v) is 3.68. The molecule has 1 nitrogen and oxygen atoms in total. The molecule has 0 spiro atoms. The first kappa shape index (κ1) is 11.3. The summed E-state index contributed by atoms with van der Waals surface area (Å²) in [6.45, 7) is 1.82. The van der Waals surface area contributed by atoms with Crippen LogP contribution >= 0.6 is 0 Å². The van der Waals surface area contributed by atoms with Crippen molar-refractivity contribution in [3.63, 3.8) is 0 Å². The van der Waals surface area contributed by atoms with Gasteiger partial charge in [-0.15, -0.1) is 0 Å². The topological polar surface area (TPSA) is 12.0 Å². The van der Waals surface area contributed by atoms with Gasteiger partial charge in [-0.1, -0.05) is 30.3 Å². The summed E-state index contributed by atoms with van der Waals surface area (Å²) in [6, 6.07) is 14.1. The number of halogens is 1. The first-order valence-electron chi connectivity index (χ1n) is 6.32. The van der Waals surface area contributed by atoms with E-state index in [2.05, 4.69) is 29.6 Å². The van der Waals surface area contributed by atoms with E-state index in [4.69, 9.17) is 0 Å². The Kier molecular flexibility index (Phi) is 2.78. The quantitative estimate of drug-likeness (QED) is 0.845. The van der Waals surface area contributed by atoms with Crippen molar-refractivity contribution in [3.8, 4) is 0 Å². The number of benzene rings is 2. The molecule has 2 heteroatoms. The van der Waals surface area contributed by atoms with Crippen LogP contribution in [0.5, 0.6) is 0 Å². The van der Waals surface area contributed by atoms with Crippen LogP contribution in [0.25, 0.3) is 0 Å². The molecule has 1 N–H and O–H groups in total. The van der Waals surface area contributed by atoms with Gasteiger partial charge in [0.25, 0.3) is 0 Å². The molecule has 0 fully saturated rings. The zero-order chi connectivity index (χ0) is 12.5. The van der Waals surface area contributed by atoms with Crippen molar-refractivity contribution in [2.24, 2.45) is 0 Å². The van der Waals surface area contributed by atoms with Crippen LogP contribution in [0.4, 0.5) is 10.1 Å². The Labute approximate surface area is 107 Å². The lowest BCUT2D eigenvalue weighted by Gasteiger charge is -2.16. The van der Waals surface area contributed by atoms with Crippen LogP contribution in [0.15, 0.2) is 42.5 Å². The van der Waals surface area contributed by atoms with Crippen LogP contribution in [0.2, 0.25) is 0 Å². The smallest absolute Gasteiger partial charge is 0.128 e. The number of anilines is 1. The Balaban J connectivity index is 1.78. The lowest BCUT2D eigenvalue weighted by atomic mass is 10.1. The Bertz CT molecular complexity index is 552. The molecule has 0 unspecified atom stereocenters. The number of fused-ring (bicyclic) bond motifs is 1. The maximum atomic E-state index is 13.5. The van der Waals surface area contributed by atoms with Gasteiger partial charge in [0.15, 0.2) is 0 Å². The molecular formula is C16H16FN. The van der Waals surface area contributed by atoms with Gasteiger partial charge in [0, 0.05) is 17.3 Å². The molecule has 1 aliphatic carbocycles. The molecule has 0 saturated heterocycles. The summed E-state index contributed by atoms with van der Waals surface area (Å²) in [5.74, 6) is -0.143. The minimum atomic E-state index is -0.143. The fraction of sp³-hybridized carbons (Fsp3) is 0.250. The van der Waals surface area contributed by atoms with Gasteiger partial charge in [0.1, 0.15) is 5.82 Å². The van der Waals surface area contributed by atoms with Crippen LogP contribution in [0.3, 0.4) is 0 Å². The van der Waals surface area contributed by atoms with Crippen LogP contribution in [0, 0.1) is 12.7 Å². The predicted molar refractivity (Wildman–Crippen MR) is 72.4 cm³/mol. The maximum absolute atomic E-state index is 13.5. The van der Waals surface area contributed by atoms with Gasteiger partial charge in [0.05, 0.1) is 0 Å². The van der Waals surface area contributed by atoms with Gasteiger partial charge in [0.2, 0.25) is 0 Å². The normalized spacial score (nSPS) is 14.6. The highest BCUT2D eigenvalue weighted by Gasteiger charge is 2.21. The molecule has 0 bridgehead atoms. The standard InChI is InChI=1S/C16H16FN/c1-11-15(17)7-4-8-16(11)18-14-9-12-5-2-3-6-13(12)10-14/h2-8,14,18H,9-10H2,1H3. The molecule has 3 rings (SSSR count). The SMILES string of the molecule is Cc1c(F)cccc1NC1Cc2ccccc2C1. The molecule has 2 aromatic carbocycles. The number of nitrogens with one attached hydrogen (secondary N) is 1. The zero-order valence-corrected chi connectivity index (χ0v) is 10.4. The molecule has 0 radical (unpaired) electrons. The molecule has 18 heavy (non-hydrogen) atoms. The average molecular weight is 241 g/mol. The molecule has 0 amide bonds. The van der Waals surface area contributed by atoms with E-state index in [0.29, 0.717) is 11.6 Å². The molecule has 92 valence electrons. The van der Waals surface area contributed by atoms with Crippen molar-refractivity contribution in [3.05, 3.63) is 65.0 Å². The monoisotopic (exact) mass is 241 g/mol. The molecule has 0 aliphatic heterocycles. The van der Waals surface area contributed by atoms with Crippen LogP contribution in [0.1, 0.15) is 16.7 Å². The van der Waals surface area contributed by atoms with E-state index in [1.807, 2.05) is 13.0 Å². The van der Waals surface area contributed by atoms with Crippen LogP contribution < -0.4 is 5.32 Å². The summed E-state index contributed by atoms with van der Waals surface area (Å²) in [5, 5.41) is 3.46. The van der Waals surface area contributed by atoms with Crippen molar-refractivity contribution in [1.29, 1.82) is 0 Å². The fourth-order valence-corrected chi connectivity index (χ4v) is 2.64. The lowest BCUT2D eigenvalue weighted by Crippen LogP contribution is -2.20. The van der Waals surface area contributed by atoms with Gasteiger partial charge >= 0.3 is 0 Å². The second-order valence-corrected chi connectivity index (χ2v) is 4.93. The first-order chi connectivity index (χ1) is 8.74. The second-order valence-electron chi connectivity index (χ2n) is 4.93. The predicted octanol–water partition coefficient (Wildman–Crippen LogP) is 3.71. The van der Waals surface area contributed by atoms with E-state index < -0.39 is 0 Å². The van der Waals surface area contributed by atoms with Gasteiger partial charge in [-0.2, -0.15) is 0 Å². The Morgan fingerprint density at radius 2 is 1.67 bits per heavy atom.